The number of aryl methyl sites for hydroxylation is 1. The maximum absolute atomic E-state index is 11.9. The molecule has 0 aliphatic heterocycles. The summed E-state index contributed by atoms with van der Waals surface area (Å²) in [5.74, 6) is 2.16. The van der Waals surface area contributed by atoms with Gasteiger partial charge in [-0.25, -0.2) is 4.99 Å². The summed E-state index contributed by atoms with van der Waals surface area (Å²) < 4.78 is 11.0. The number of hydrogen-bond donors (Lipinski definition) is 2. The largest absolute Gasteiger partial charge is 0.493 e. The van der Waals surface area contributed by atoms with Crippen LogP contribution >= 0.6 is 11.3 Å². The molecule has 0 aliphatic rings. The topological polar surface area (TPSA) is 75.2 Å². The third kappa shape index (κ3) is 8.88. The van der Waals surface area contributed by atoms with E-state index in [1.54, 1.807) is 37.4 Å². The summed E-state index contributed by atoms with van der Waals surface area (Å²) in [5, 5.41) is 8.75. The van der Waals surface area contributed by atoms with Gasteiger partial charge in [-0.15, -0.1) is 11.3 Å². The molecule has 0 bridgehead atoms. The van der Waals surface area contributed by atoms with Crippen LogP contribution in [0.25, 0.3) is 0 Å². The Labute approximate surface area is 189 Å². The van der Waals surface area contributed by atoms with Crippen molar-refractivity contribution >= 4 is 23.2 Å². The molecule has 7 nitrogen and oxygen atoms in total. The number of hydrogen-bond acceptors (Lipinski definition) is 5. The van der Waals surface area contributed by atoms with Crippen molar-refractivity contribution in [2.45, 2.75) is 26.2 Å². The highest BCUT2D eigenvalue weighted by Crippen LogP contribution is 2.28. The van der Waals surface area contributed by atoms with Crippen LogP contribution < -0.4 is 20.1 Å². The Balaban J connectivity index is 1.85. The van der Waals surface area contributed by atoms with Crippen molar-refractivity contribution in [2.75, 3.05) is 47.4 Å². The normalized spacial score (nSPS) is 11.2. The van der Waals surface area contributed by atoms with Crippen LogP contribution in [0.4, 0.5) is 0 Å². The Morgan fingerprint density at radius 2 is 1.94 bits per heavy atom. The van der Waals surface area contributed by atoms with Gasteiger partial charge in [-0.3, -0.25) is 4.79 Å². The van der Waals surface area contributed by atoms with Crippen molar-refractivity contribution in [1.82, 2.24) is 15.5 Å². The quantitative estimate of drug-likeness (QED) is 0.298. The fourth-order valence-corrected chi connectivity index (χ4v) is 3.57. The van der Waals surface area contributed by atoms with E-state index < -0.39 is 0 Å². The average molecular weight is 447 g/mol. The highest BCUT2D eigenvalue weighted by Gasteiger charge is 2.07. The SMILES string of the molecule is CCOc1cc(CCCNC(=NCC(=O)N(C)C)NCCc2cccs2)ccc1OC. The number of likely N-dealkylation sites (N-methyl/N-ethyl adjacent to an activating group) is 1. The van der Waals surface area contributed by atoms with Crippen LogP contribution in [0.15, 0.2) is 40.7 Å². The molecule has 0 spiro atoms. The van der Waals surface area contributed by atoms with Crippen molar-refractivity contribution in [3.8, 4) is 11.5 Å². The summed E-state index contributed by atoms with van der Waals surface area (Å²) in [7, 11) is 5.12. The zero-order chi connectivity index (χ0) is 22.5. The number of methoxy groups -OCH3 is 1. The Kier molecular flexibility index (Phi) is 10.7. The molecule has 2 aromatic rings. The molecule has 0 fully saturated rings. The monoisotopic (exact) mass is 446 g/mol. The van der Waals surface area contributed by atoms with Crippen LogP contribution in [-0.4, -0.2) is 64.2 Å². The number of guanidine groups is 1. The minimum atomic E-state index is -0.0268. The number of nitrogens with zero attached hydrogens (tertiary/aromatic N) is 2. The first-order valence-corrected chi connectivity index (χ1v) is 11.5. The van der Waals surface area contributed by atoms with E-state index in [-0.39, 0.29) is 12.5 Å². The Morgan fingerprint density at radius 1 is 1.13 bits per heavy atom. The van der Waals surface area contributed by atoms with Crippen molar-refractivity contribution in [3.63, 3.8) is 0 Å². The molecule has 0 saturated carbocycles. The molecule has 1 aromatic carbocycles. The summed E-state index contributed by atoms with van der Waals surface area (Å²) in [5.41, 5.74) is 1.19. The number of carbonyl (C=O) groups is 1. The molecular formula is C23H34N4O3S. The highest BCUT2D eigenvalue weighted by atomic mass is 32.1. The lowest BCUT2D eigenvalue weighted by atomic mass is 10.1. The van der Waals surface area contributed by atoms with E-state index in [1.807, 2.05) is 19.1 Å². The first-order valence-electron chi connectivity index (χ1n) is 10.6. The zero-order valence-corrected chi connectivity index (χ0v) is 19.8. The van der Waals surface area contributed by atoms with E-state index in [1.165, 1.54) is 10.4 Å². The van der Waals surface area contributed by atoms with Crippen molar-refractivity contribution in [1.29, 1.82) is 0 Å². The van der Waals surface area contributed by atoms with Gasteiger partial charge in [0.15, 0.2) is 17.5 Å². The lowest BCUT2D eigenvalue weighted by Crippen LogP contribution is -2.40. The van der Waals surface area contributed by atoms with Gasteiger partial charge >= 0.3 is 0 Å². The highest BCUT2D eigenvalue weighted by molar-refractivity contribution is 7.09. The van der Waals surface area contributed by atoms with Crippen LogP contribution in [0.1, 0.15) is 23.8 Å². The van der Waals surface area contributed by atoms with Crippen LogP contribution in [0.3, 0.4) is 0 Å². The van der Waals surface area contributed by atoms with Crippen LogP contribution in [0, 0.1) is 0 Å². The van der Waals surface area contributed by atoms with E-state index >= 15 is 0 Å². The molecule has 0 unspecified atom stereocenters. The van der Waals surface area contributed by atoms with Crippen molar-refractivity contribution in [2.24, 2.45) is 4.99 Å². The van der Waals surface area contributed by atoms with E-state index in [0.29, 0.717) is 12.6 Å². The second-order valence-electron chi connectivity index (χ2n) is 7.16. The molecule has 1 heterocycles. The number of ether oxygens (including phenoxy) is 2. The fourth-order valence-electron chi connectivity index (χ4n) is 2.87. The van der Waals surface area contributed by atoms with Crippen molar-refractivity contribution < 1.29 is 14.3 Å². The molecule has 0 radical (unpaired) electrons. The summed E-state index contributed by atoms with van der Waals surface area (Å²) in [4.78, 5) is 19.2. The maximum Gasteiger partial charge on any atom is 0.243 e. The van der Waals surface area contributed by atoms with Gasteiger partial charge in [0.2, 0.25) is 5.91 Å². The van der Waals surface area contributed by atoms with Gasteiger partial charge in [0.25, 0.3) is 0 Å². The van der Waals surface area contributed by atoms with Crippen LogP contribution in [0.5, 0.6) is 11.5 Å². The van der Waals surface area contributed by atoms with Gasteiger partial charge in [0.05, 0.1) is 13.7 Å². The second-order valence-corrected chi connectivity index (χ2v) is 8.19. The van der Waals surface area contributed by atoms with Gasteiger partial charge in [-0.05, 0) is 55.3 Å². The molecule has 31 heavy (non-hydrogen) atoms. The molecule has 0 atom stereocenters. The third-order valence-corrected chi connectivity index (χ3v) is 5.51. The third-order valence-electron chi connectivity index (χ3n) is 4.58. The molecule has 8 heteroatoms. The molecule has 1 amide bonds. The molecular weight excluding hydrogens is 412 g/mol. The number of thiophene rings is 1. The minimum Gasteiger partial charge on any atom is -0.493 e. The molecule has 170 valence electrons. The smallest absolute Gasteiger partial charge is 0.243 e. The van der Waals surface area contributed by atoms with Crippen LogP contribution in [-0.2, 0) is 17.6 Å². The van der Waals surface area contributed by atoms with E-state index in [0.717, 1.165) is 43.9 Å². The minimum absolute atomic E-state index is 0.0268. The van der Waals surface area contributed by atoms with Crippen molar-refractivity contribution in [3.05, 3.63) is 46.2 Å². The number of rotatable bonds is 12. The van der Waals surface area contributed by atoms with Crippen LogP contribution in [0.2, 0.25) is 0 Å². The maximum atomic E-state index is 11.9. The Morgan fingerprint density at radius 3 is 2.61 bits per heavy atom. The van der Waals surface area contributed by atoms with Gasteiger partial charge in [-0.1, -0.05) is 12.1 Å². The van der Waals surface area contributed by atoms with Gasteiger partial charge < -0.3 is 25.0 Å². The first-order chi connectivity index (χ1) is 15.0. The molecule has 0 aliphatic carbocycles. The first kappa shape index (κ1) is 24.5. The predicted octanol–water partition coefficient (Wildman–Crippen LogP) is 2.95. The number of nitrogens with one attached hydrogen (secondary N) is 2. The molecule has 1 aromatic heterocycles. The lowest BCUT2D eigenvalue weighted by molar-refractivity contribution is -0.127. The van der Waals surface area contributed by atoms with Gasteiger partial charge in [-0.2, -0.15) is 0 Å². The molecule has 2 N–H and O–H groups in total. The van der Waals surface area contributed by atoms with E-state index in [4.69, 9.17) is 9.47 Å². The van der Waals surface area contributed by atoms with Gasteiger partial charge in [0.1, 0.15) is 6.54 Å². The summed E-state index contributed by atoms with van der Waals surface area (Å²) in [6.07, 6.45) is 2.74. The molecule has 0 saturated heterocycles. The number of aliphatic imine (C=N–C) groups is 1. The zero-order valence-electron chi connectivity index (χ0n) is 18.9. The fraction of sp³-hybridized carbons (Fsp3) is 0.478. The number of benzene rings is 1. The Bertz CT molecular complexity index is 822. The van der Waals surface area contributed by atoms with E-state index in [2.05, 4.69) is 39.2 Å². The summed E-state index contributed by atoms with van der Waals surface area (Å²) in [6.45, 7) is 4.20. The van der Waals surface area contributed by atoms with E-state index in [9.17, 15) is 4.79 Å². The second kappa shape index (κ2) is 13.5. The summed E-state index contributed by atoms with van der Waals surface area (Å²) in [6, 6.07) is 10.2. The standard InChI is InChI=1S/C23H34N4O3S/c1-5-30-21-16-18(10-11-20(21)29-4)8-6-13-24-23(26-17-22(28)27(2)3)25-14-12-19-9-7-15-31-19/h7,9-11,15-16H,5-6,8,12-14,17H2,1-4H3,(H2,24,25,26). The number of carbonyl (C=O) groups excluding carboxylic acids is 1. The molecule has 2 rings (SSSR count). The van der Waals surface area contributed by atoms with Gasteiger partial charge in [0, 0.05) is 32.1 Å². The average Bonchev–Trinajstić information content (AvgIpc) is 3.28. The predicted molar refractivity (Wildman–Crippen MR) is 128 cm³/mol. The Hall–Kier alpha value is -2.74. The summed E-state index contributed by atoms with van der Waals surface area (Å²) >= 11 is 1.74. The number of amides is 1. The lowest BCUT2D eigenvalue weighted by Gasteiger charge is -2.14.